The first-order valence-electron chi connectivity index (χ1n) is 13.2. The van der Waals surface area contributed by atoms with Gasteiger partial charge in [0.25, 0.3) is 0 Å². The van der Waals surface area contributed by atoms with Crippen LogP contribution in [0.4, 0.5) is 0 Å². The fraction of sp³-hybridized carbons (Fsp3) is 0.808. The molecule has 2 rings (SSSR count). The molecule has 2 N–H and O–H groups in total. The Morgan fingerprint density at radius 1 is 1.20 bits per heavy atom. The zero-order chi connectivity index (χ0) is 25.5. The van der Waals surface area contributed by atoms with Gasteiger partial charge < -0.3 is 15.0 Å². The number of hydrogen-bond donors (Lipinski definition) is 2. The van der Waals surface area contributed by atoms with Gasteiger partial charge in [0.1, 0.15) is 6.04 Å². The highest BCUT2D eigenvalue weighted by Crippen LogP contribution is 2.18. The number of nitrogens with zero attached hydrogens (tertiary/aromatic N) is 1. The van der Waals surface area contributed by atoms with E-state index < -0.39 is 18.2 Å². The molecule has 0 aromatic heterocycles. The van der Waals surface area contributed by atoms with Gasteiger partial charge in [0.05, 0.1) is 0 Å². The van der Waals surface area contributed by atoms with Crippen molar-refractivity contribution in [1.29, 1.82) is 0 Å². The zero-order valence-corrected chi connectivity index (χ0v) is 22.6. The van der Waals surface area contributed by atoms with Crippen molar-refractivity contribution in [3.8, 4) is 0 Å². The first-order valence-corrected chi connectivity index (χ1v) is 14.6. The van der Waals surface area contributed by atoms with Crippen LogP contribution in [0.15, 0.2) is 12.2 Å². The van der Waals surface area contributed by atoms with E-state index in [9.17, 15) is 14.4 Å². The molecular formula is C26H45N3O5S. The standard InChI is InChI=1S/C26H45N3O5S/c1-20(2)24-26(32)29(16-12-18-35-3)15-10-7-5-4-6-8-13-21(25(31)27-24)19-22(30)28-34-23-14-9-11-17-33-23/h4-5,20-21,23-24H,6-19H2,1-3H3,(H,27,31)(H,28,30)/b5-4+/t21-,23?,24+/m1/s1. The van der Waals surface area contributed by atoms with Gasteiger partial charge in [-0.2, -0.15) is 11.8 Å². The van der Waals surface area contributed by atoms with Crippen LogP contribution in [0, 0.1) is 11.8 Å². The first kappa shape index (κ1) is 29.6. The number of hydroxylamine groups is 1. The number of carbonyl (C=O) groups excluding carboxylic acids is 3. The predicted molar refractivity (Wildman–Crippen MR) is 139 cm³/mol. The normalized spacial score (nSPS) is 26.2. The van der Waals surface area contributed by atoms with E-state index in [4.69, 9.17) is 9.57 Å². The number of allylic oxidation sites excluding steroid dienone is 2. The van der Waals surface area contributed by atoms with Crippen LogP contribution in [0.3, 0.4) is 0 Å². The molecule has 0 radical (unpaired) electrons. The Kier molecular flexibility index (Phi) is 14.4. The number of carbonyl (C=O) groups is 3. The Balaban J connectivity index is 2.07. The molecule has 1 unspecified atom stereocenters. The summed E-state index contributed by atoms with van der Waals surface area (Å²) in [5, 5.41) is 3.00. The molecule has 35 heavy (non-hydrogen) atoms. The maximum Gasteiger partial charge on any atom is 0.245 e. The molecular weight excluding hydrogens is 466 g/mol. The topological polar surface area (TPSA) is 97.0 Å². The van der Waals surface area contributed by atoms with Crippen molar-refractivity contribution in [2.24, 2.45) is 11.8 Å². The smallest absolute Gasteiger partial charge is 0.245 e. The predicted octanol–water partition coefficient (Wildman–Crippen LogP) is 3.81. The number of rotatable bonds is 9. The number of hydrogen-bond acceptors (Lipinski definition) is 6. The van der Waals surface area contributed by atoms with E-state index in [1.807, 2.05) is 18.7 Å². The number of thioether (sulfide) groups is 1. The van der Waals surface area contributed by atoms with Crippen molar-refractivity contribution in [1.82, 2.24) is 15.7 Å². The van der Waals surface area contributed by atoms with Crippen molar-refractivity contribution < 1.29 is 24.0 Å². The number of amides is 3. The monoisotopic (exact) mass is 511 g/mol. The van der Waals surface area contributed by atoms with Gasteiger partial charge in [0.15, 0.2) is 6.29 Å². The van der Waals surface area contributed by atoms with Gasteiger partial charge in [-0.15, -0.1) is 0 Å². The first-order chi connectivity index (χ1) is 16.9. The third-order valence-corrected chi connectivity index (χ3v) is 7.15. The summed E-state index contributed by atoms with van der Waals surface area (Å²) >= 11 is 1.77. The lowest BCUT2D eigenvalue weighted by Crippen LogP contribution is -2.53. The second-order valence-electron chi connectivity index (χ2n) is 9.79. The van der Waals surface area contributed by atoms with E-state index in [0.717, 1.165) is 57.1 Å². The lowest BCUT2D eigenvalue weighted by Gasteiger charge is -2.31. The van der Waals surface area contributed by atoms with E-state index in [1.54, 1.807) is 11.8 Å². The Morgan fingerprint density at radius 2 is 1.97 bits per heavy atom. The van der Waals surface area contributed by atoms with E-state index in [2.05, 4.69) is 29.2 Å². The molecule has 8 nitrogen and oxygen atoms in total. The molecule has 0 aromatic carbocycles. The summed E-state index contributed by atoms with van der Waals surface area (Å²) in [7, 11) is 0. The Bertz CT molecular complexity index is 682. The van der Waals surface area contributed by atoms with E-state index in [1.165, 1.54) is 0 Å². The highest BCUT2D eigenvalue weighted by atomic mass is 32.2. The fourth-order valence-electron chi connectivity index (χ4n) is 4.36. The van der Waals surface area contributed by atoms with Crippen molar-refractivity contribution >= 4 is 29.5 Å². The average molecular weight is 512 g/mol. The second kappa shape index (κ2) is 17.0. The zero-order valence-electron chi connectivity index (χ0n) is 21.8. The van der Waals surface area contributed by atoms with Crippen molar-refractivity contribution in [2.75, 3.05) is 31.7 Å². The Labute approximate surface area is 215 Å². The molecule has 0 spiro atoms. The molecule has 0 saturated carbocycles. The molecule has 1 fully saturated rings. The summed E-state index contributed by atoms with van der Waals surface area (Å²) < 4.78 is 5.48. The van der Waals surface area contributed by atoms with Crippen molar-refractivity contribution in [3.05, 3.63) is 12.2 Å². The molecule has 3 atom stereocenters. The Morgan fingerprint density at radius 3 is 2.66 bits per heavy atom. The number of ether oxygens (including phenoxy) is 1. The average Bonchev–Trinajstić information content (AvgIpc) is 2.85. The molecule has 200 valence electrons. The molecule has 2 aliphatic rings. The molecule has 2 aliphatic heterocycles. The third-order valence-electron chi connectivity index (χ3n) is 6.45. The summed E-state index contributed by atoms with van der Waals surface area (Å²) in [6.07, 6.45) is 13.7. The lowest BCUT2D eigenvalue weighted by atomic mass is 9.94. The largest absolute Gasteiger partial charge is 0.350 e. The second-order valence-corrected chi connectivity index (χ2v) is 10.8. The van der Waals surface area contributed by atoms with Crippen LogP contribution in [0.1, 0.15) is 78.1 Å². The summed E-state index contributed by atoms with van der Waals surface area (Å²) in [4.78, 5) is 46.7. The molecule has 0 aromatic rings. The fourth-order valence-corrected chi connectivity index (χ4v) is 4.78. The van der Waals surface area contributed by atoms with Gasteiger partial charge in [0, 0.05) is 38.5 Å². The summed E-state index contributed by atoms with van der Waals surface area (Å²) in [6.45, 7) is 5.90. The SMILES string of the molecule is CSCCCN1CCC/C=C/CCC[C@H](CC(=O)NOC2CCCCO2)C(=O)N[C@@H](C(C)C)C1=O. The van der Waals surface area contributed by atoms with Gasteiger partial charge >= 0.3 is 0 Å². The van der Waals surface area contributed by atoms with Crippen molar-refractivity contribution in [3.63, 3.8) is 0 Å². The summed E-state index contributed by atoms with van der Waals surface area (Å²) in [5.41, 5.74) is 2.47. The van der Waals surface area contributed by atoms with Gasteiger partial charge in [-0.3, -0.25) is 14.4 Å². The Hall–Kier alpha value is -1.58. The highest BCUT2D eigenvalue weighted by molar-refractivity contribution is 7.98. The van der Waals surface area contributed by atoms with Gasteiger partial charge in [-0.25, -0.2) is 10.3 Å². The summed E-state index contributed by atoms with van der Waals surface area (Å²) in [5.74, 6) is -0.206. The van der Waals surface area contributed by atoms with E-state index >= 15 is 0 Å². The minimum absolute atomic E-state index is 0.0126. The van der Waals surface area contributed by atoms with Crippen LogP contribution in [-0.2, 0) is 24.0 Å². The maximum atomic E-state index is 13.5. The molecule has 1 saturated heterocycles. The highest BCUT2D eigenvalue weighted by Gasteiger charge is 2.31. The van der Waals surface area contributed by atoms with Crippen LogP contribution in [0.2, 0.25) is 0 Å². The van der Waals surface area contributed by atoms with Gasteiger partial charge in [-0.05, 0) is 69.3 Å². The van der Waals surface area contributed by atoms with Crippen LogP contribution in [0.25, 0.3) is 0 Å². The van der Waals surface area contributed by atoms with Crippen LogP contribution in [0.5, 0.6) is 0 Å². The number of nitrogens with one attached hydrogen (secondary N) is 2. The third kappa shape index (κ3) is 11.3. The van der Waals surface area contributed by atoms with Crippen LogP contribution in [-0.4, -0.2) is 66.7 Å². The van der Waals surface area contributed by atoms with E-state index in [0.29, 0.717) is 26.1 Å². The molecule has 0 bridgehead atoms. The minimum Gasteiger partial charge on any atom is -0.350 e. The van der Waals surface area contributed by atoms with Crippen molar-refractivity contribution in [2.45, 2.75) is 90.4 Å². The minimum atomic E-state index is -0.604. The van der Waals surface area contributed by atoms with Crippen LogP contribution >= 0.6 is 11.8 Å². The summed E-state index contributed by atoms with van der Waals surface area (Å²) in [6, 6.07) is -0.604. The lowest BCUT2D eigenvalue weighted by molar-refractivity contribution is -0.200. The van der Waals surface area contributed by atoms with Gasteiger partial charge in [-0.1, -0.05) is 26.0 Å². The quantitative estimate of drug-likeness (QED) is 0.278. The molecule has 3 amide bonds. The maximum absolute atomic E-state index is 13.5. The molecule has 0 aliphatic carbocycles. The van der Waals surface area contributed by atoms with Crippen LogP contribution < -0.4 is 10.8 Å². The molecule has 2 heterocycles. The van der Waals surface area contributed by atoms with E-state index in [-0.39, 0.29) is 30.1 Å². The molecule has 9 heteroatoms. The van der Waals surface area contributed by atoms with Gasteiger partial charge in [0.2, 0.25) is 17.7 Å².